The summed E-state index contributed by atoms with van der Waals surface area (Å²) in [5.74, 6) is 0.417. The molecular weight excluding hydrogens is 574 g/mol. The second-order valence-corrected chi connectivity index (χ2v) is 9.78. The molecule has 0 saturated heterocycles. The molecule has 7 nitrogen and oxygen atoms in total. The number of pyridine rings is 2. The van der Waals surface area contributed by atoms with Crippen LogP contribution in [0.15, 0.2) is 67.1 Å². The Labute approximate surface area is 243 Å². The van der Waals surface area contributed by atoms with Crippen LogP contribution in [0.3, 0.4) is 0 Å². The van der Waals surface area contributed by atoms with Crippen LogP contribution < -0.4 is 14.4 Å². The Morgan fingerprint density at radius 1 is 0.857 bits per heavy atom. The molecule has 12 heteroatoms. The minimum atomic E-state index is -4.86. The lowest BCUT2D eigenvalue weighted by Crippen LogP contribution is -2.24. The number of anilines is 1. The third-order valence-electron chi connectivity index (χ3n) is 6.66. The average Bonchev–Trinajstić information content (AvgIpc) is 2.98. The predicted molar refractivity (Wildman–Crippen MR) is 151 cm³/mol. The third kappa shape index (κ3) is 5.91. The Bertz CT molecular complexity index is 1680. The molecule has 42 heavy (non-hydrogen) atoms. The second-order valence-electron chi connectivity index (χ2n) is 9.42. The molecule has 0 atom stereocenters. The van der Waals surface area contributed by atoms with Crippen LogP contribution in [0.5, 0.6) is 11.5 Å². The highest BCUT2D eigenvalue weighted by Gasteiger charge is 2.39. The van der Waals surface area contributed by atoms with Crippen LogP contribution in [-0.2, 0) is 19.3 Å². The standard InChI is InChI=1S/C30H24ClF4N5O2/c1-17-12-23(40(14-18-4-8-20(41-2)9-5-18)15-19-6-10-21(42-3)11-7-19)38-27(24(17)30(33,34)35)28-25(32)26-22(29(31)39-28)13-36-16-37-26/h4-13,16H,14-15H2,1-3H3. The van der Waals surface area contributed by atoms with Gasteiger partial charge in [-0.15, -0.1) is 0 Å². The molecule has 0 bridgehead atoms. The highest BCUT2D eigenvalue weighted by Crippen LogP contribution is 2.41. The zero-order valence-electron chi connectivity index (χ0n) is 22.7. The van der Waals surface area contributed by atoms with Gasteiger partial charge >= 0.3 is 6.18 Å². The van der Waals surface area contributed by atoms with Crippen LogP contribution in [-0.4, -0.2) is 34.2 Å². The van der Waals surface area contributed by atoms with Crippen molar-refractivity contribution in [2.75, 3.05) is 19.1 Å². The normalized spacial score (nSPS) is 11.5. The van der Waals surface area contributed by atoms with E-state index in [0.717, 1.165) is 17.5 Å². The van der Waals surface area contributed by atoms with Crippen molar-refractivity contribution in [2.45, 2.75) is 26.2 Å². The van der Waals surface area contributed by atoms with E-state index >= 15 is 4.39 Å². The number of nitrogens with zero attached hydrogens (tertiary/aromatic N) is 5. The zero-order chi connectivity index (χ0) is 30.0. The van der Waals surface area contributed by atoms with Gasteiger partial charge in [0.25, 0.3) is 0 Å². The van der Waals surface area contributed by atoms with Gasteiger partial charge in [-0.25, -0.2) is 24.3 Å². The molecule has 0 spiro atoms. The SMILES string of the molecule is COc1ccc(CN(Cc2ccc(OC)cc2)c2cc(C)c(C(F)(F)F)c(-c3nc(Cl)c4cncnc4c3F)n2)cc1. The quantitative estimate of drug-likeness (QED) is 0.136. The summed E-state index contributed by atoms with van der Waals surface area (Å²) < 4.78 is 69.5. The Hall–Kier alpha value is -4.51. The Morgan fingerprint density at radius 2 is 1.43 bits per heavy atom. The number of alkyl halides is 3. The topological polar surface area (TPSA) is 73.3 Å². The van der Waals surface area contributed by atoms with Crippen LogP contribution in [0.25, 0.3) is 22.3 Å². The molecule has 0 unspecified atom stereocenters. The van der Waals surface area contributed by atoms with Crippen molar-refractivity contribution in [1.82, 2.24) is 19.9 Å². The van der Waals surface area contributed by atoms with Crippen LogP contribution in [0, 0.1) is 12.7 Å². The zero-order valence-corrected chi connectivity index (χ0v) is 23.5. The summed E-state index contributed by atoms with van der Waals surface area (Å²) in [4.78, 5) is 17.9. The van der Waals surface area contributed by atoms with Gasteiger partial charge in [-0.05, 0) is 53.9 Å². The lowest BCUT2D eigenvalue weighted by atomic mass is 10.0. The highest BCUT2D eigenvalue weighted by atomic mass is 35.5. The number of aromatic nitrogens is 4. The number of rotatable bonds is 8. The van der Waals surface area contributed by atoms with Crippen molar-refractivity contribution in [1.29, 1.82) is 0 Å². The van der Waals surface area contributed by atoms with Gasteiger partial charge in [-0.3, -0.25) is 0 Å². The summed E-state index contributed by atoms with van der Waals surface area (Å²) in [5, 5.41) is -0.171. The monoisotopic (exact) mass is 597 g/mol. The smallest absolute Gasteiger partial charge is 0.418 e. The molecule has 0 aliphatic heterocycles. The molecule has 3 aromatic heterocycles. The number of fused-ring (bicyclic) bond motifs is 1. The first-order chi connectivity index (χ1) is 20.1. The fraction of sp³-hybridized carbons (Fsp3) is 0.200. The lowest BCUT2D eigenvalue weighted by Gasteiger charge is -2.27. The number of ether oxygens (including phenoxy) is 2. The fourth-order valence-corrected chi connectivity index (χ4v) is 4.82. The molecule has 216 valence electrons. The summed E-state index contributed by atoms with van der Waals surface area (Å²) >= 11 is 6.26. The van der Waals surface area contributed by atoms with Gasteiger partial charge in [0, 0.05) is 19.3 Å². The second kappa shape index (κ2) is 11.8. The van der Waals surface area contributed by atoms with Crippen molar-refractivity contribution in [2.24, 2.45) is 0 Å². The summed E-state index contributed by atoms with van der Waals surface area (Å²) in [5.41, 5.74) is -1.18. The van der Waals surface area contributed by atoms with Gasteiger partial charge in [-0.1, -0.05) is 35.9 Å². The van der Waals surface area contributed by atoms with Gasteiger partial charge in [0.05, 0.1) is 25.2 Å². The molecule has 0 aliphatic carbocycles. The maximum atomic E-state index is 15.7. The Balaban J connectivity index is 1.69. The number of hydrogen-bond donors (Lipinski definition) is 0. The summed E-state index contributed by atoms with van der Waals surface area (Å²) in [6.45, 7) is 1.85. The fourth-order valence-electron chi connectivity index (χ4n) is 4.60. The third-order valence-corrected chi connectivity index (χ3v) is 6.95. The molecule has 0 fully saturated rings. The molecule has 5 aromatic rings. The lowest BCUT2D eigenvalue weighted by molar-refractivity contribution is -0.137. The van der Waals surface area contributed by atoms with Crippen molar-refractivity contribution < 1.29 is 27.0 Å². The molecule has 0 N–H and O–H groups in total. The molecule has 0 aliphatic rings. The van der Waals surface area contributed by atoms with E-state index in [9.17, 15) is 13.2 Å². The number of aryl methyl sites for hydroxylation is 1. The van der Waals surface area contributed by atoms with Gasteiger partial charge < -0.3 is 14.4 Å². The Kier molecular flexibility index (Phi) is 8.13. The maximum absolute atomic E-state index is 15.7. The van der Waals surface area contributed by atoms with Gasteiger partial charge in [0.1, 0.15) is 45.7 Å². The number of halogens is 5. The maximum Gasteiger partial charge on any atom is 0.418 e. The van der Waals surface area contributed by atoms with Crippen LogP contribution in [0.1, 0.15) is 22.3 Å². The summed E-state index contributed by atoms with van der Waals surface area (Å²) in [6.07, 6.45) is -2.53. The van der Waals surface area contributed by atoms with Crippen LogP contribution in [0.4, 0.5) is 23.4 Å². The highest BCUT2D eigenvalue weighted by molar-refractivity contribution is 6.34. The van der Waals surface area contributed by atoms with Crippen molar-refractivity contribution in [3.05, 3.63) is 100 Å². The van der Waals surface area contributed by atoms with E-state index in [0.29, 0.717) is 11.5 Å². The van der Waals surface area contributed by atoms with Crippen molar-refractivity contribution >= 4 is 28.3 Å². The molecule has 0 amide bonds. The minimum absolute atomic E-state index is 0.0717. The molecule has 3 heterocycles. The largest absolute Gasteiger partial charge is 0.497 e. The minimum Gasteiger partial charge on any atom is -0.497 e. The van der Waals surface area contributed by atoms with Crippen molar-refractivity contribution in [3.8, 4) is 22.9 Å². The molecule has 2 aromatic carbocycles. The van der Waals surface area contributed by atoms with Gasteiger partial charge in [0.2, 0.25) is 0 Å². The first kappa shape index (κ1) is 29.0. The van der Waals surface area contributed by atoms with E-state index in [-0.39, 0.29) is 40.5 Å². The molecule has 5 rings (SSSR count). The Morgan fingerprint density at radius 3 is 1.95 bits per heavy atom. The summed E-state index contributed by atoms with van der Waals surface area (Å²) in [6, 6.07) is 15.9. The first-order valence-corrected chi connectivity index (χ1v) is 13.0. The summed E-state index contributed by atoms with van der Waals surface area (Å²) in [7, 11) is 3.11. The van der Waals surface area contributed by atoms with Crippen LogP contribution in [0.2, 0.25) is 5.15 Å². The van der Waals surface area contributed by atoms with Gasteiger partial charge in [0.15, 0.2) is 5.82 Å². The number of hydrogen-bond acceptors (Lipinski definition) is 7. The molecule has 0 saturated carbocycles. The molecular formula is C30H24ClF4N5O2. The van der Waals surface area contributed by atoms with E-state index in [1.807, 2.05) is 24.3 Å². The van der Waals surface area contributed by atoms with Crippen molar-refractivity contribution in [3.63, 3.8) is 0 Å². The molecule has 0 radical (unpaired) electrons. The van der Waals surface area contributed by atoms with Crippen LogP contribution >= 0.6 is 11.6 Å². The predicted octanol–water partition coefficient (Wildman–Crippen LogP) is 7.43. The van der Waals surface area contributed by atoms with E-state index in [2.05, 4.69) is 19.9 Å². The van der Waals surface area contributed by atoms with E-state index in [1.54, 1.807) is 43.4 Å². The average molecular weight is 598 g/mol. The van der Waals surface area contributed by atoms with E-state index in [1.165, 1.54) is 19.2 Å². The number of methoxy groups -OCH3 is 2. The van der Waals surface area contributed by atoms with E-state index in [4.69, 9.17) is 21.1 Å². The van der Waals surface area contributed by atoms with E-state index < -0.39 is 28.9 Å². The first-order valence-electron chi connectivity index (χ1n) is 12.6. The van der Waals surface area contributed by atoms with Gasteiger partial charge in [-0.2, -0.15) is 13.2 Å². The number of benzene rings is 2.